The molecule has 22 heavy (non-hydrogen) atoms. The van der Waals surface area contributed by atoms with Gasteiger partial charge in [0.15, 0.2) is 0 Å². The van der Waals surface area contributed by atoms with Crippen LogP contribution in [0.2, 0.25) is 0 Å². The summed E-state index contributed by atoms with van der Waals surface area (Å²) in [4.78, 5) is 19.3. The molecule has 0 spiro atoms. The first-order valence-electron chi connectivity index (χ1n) is 6.78. The molecule has 0 radical (unpaired) electrons. The number of rotatable bonds is 4. The highest BCUT2D eigenvalue weighted by atomic mass is 35.5. The van der Waals surface area contributed by atoms with Crippen LogP contribution < -0.4 is 5.32 Å². The van der Waals surface area contributed by atoms with E-state index >= 15 is 0 Å². The third kappa shape index (κ3) is 2.71. The van der Waals surface area contributed by atoms with Crippen molar-refractivity contribution in [2.24, 2.45) is 5.41 Å². The Hall–Kier alpha value is -1.59. The van der Waals surface area contributed by atoms with Crippen LogP contribution in [0.15, 0.2) is 30.5 Å². The standard InChI is InChI=1S/C15H14Cl2FN3O/c1-14(8-15(14,16)17)13(22)20-7-12-19-6-11(21-12)9-2-4-10(18)5-3-9/h2-6H,7-8H2,1H3,(H,19,21)(H,20,22). The molecule has 1 heterocycles. The van der Waals surface area contributed by atoms with Crippen LogP contribution in [-0.2, 0) is 11.3 Å². The smallest absolute Gasteiger partial charge is 0.229 e. The molecule has 1 aromatic heterocycles. The van der Waals surface area contributed by atoms with E-state index in [2.05, 4.69) is 15.3 Å². The molecular weight excluding hydrogens is 328 g/mol. The Morgan fingerprint density at radius 2 is 2.05 bits per heavy atom. The molecule has 116 valence electrons. The fraction of sp³-hybridized carbons (Fsp3) is 0.333. The number of hydrogen-bond acceptors (Lipinski definition) is 2. The van der Waals surface area contributed by atoms with E-state index in [1.807, 2.05) is 0 Å². The van der Waals surface area contributed by atoms with Crippen LogP contribution >= 0.6 is 23.2 Å². The number of amides is 1. The van der Waals surface area contributed by atoms with Crippen molar-refractivity contribution in [1.82, 2.24) is 15.3 Å². The number of carbonyl (C=O) groups excluding carboxylic acids is 1. The zero-order chi connectivity index (χ0) is 16.0. The van der Waals surface area contributed by atoms with Gasteiger partial charge in [0.2, 0.25) is 5.91 Å². The Balaban J connectivity index is 1.63. The van der Waals surface area contributed by atoms with Crippen molar-refractivity contribution < 1.29 is 9.18 Å². The van der Waals surface area contributed by atoms with Crippen LogP contribution in [0, 0.1) is 11.2 Å². The van der Waals surface area contributed by atoms with Crippen LogP contribution in [0.1, 0.15) is 19.2 Å². The van der Waals surface area contributed by atoms with E-state index in [4.69, 9.17) is 23.2 Å². The Morgan fingerprint density at radius 1 is 1.41 bits per heavy atom. The minimum absolute atomic E-state index is 0.197. The summed E-state index contributed by atoms with van der Waals surface area (Å²) in [6.07, 6.45) is 2.08. The zero-order valence-electron chi connectivity index (χ0n) is 11.8. The minimum Gasteiger partial charge on any atom is -0.348 e. The Morgan fingerprint density at radius 3 is 2.64 bits per heavy atom. The first-order valence-corrected chi connectivity index (χ1v) is 7.53. The molecule has 1 aromatic carbocycles. The SMILES string of the molecule is CC1(C(=O)NCc2ncc(-c3ccc(F)cc3)[nH]2)CC1(Cl)Cl. The van der Waals surface area contributed by atoms with Gasteiger partial charge in [-0.05, 0) is 43.2 Å². The van der Waals surface area contributed by atoms with E-state index in [0.29, 0.717) is 12.2 Å². The van der Waals surface area contributed by atoms with E-state index in [1.165, 1.54) is 12.1 Å². The normalized spacial score (nSPS) is 22.4. The number of halogens is 3. The number of nitrogens with one attached hydrogen (secondary N) is 2. The van der Waals surface area contributed by atoms with E-state index in [0.717, 1.165) is 11.3 Å². The van der Waals surface area contributed by atoms with Crippen molar-refractivity contribution in [2.75, 3.05) is 0 Å². The molecule has 2 N–H and O–H groups in total. The van der Waals surface area contributed by atoms with Gasteiger partial charge in [0.1, 0.15) is 16.0 Å². The van der Waals surface area contributed by atoms with Crippen LogP contribution in [-0.4, -0.2) is 20.2 Å². The second kappa shape index (κ2) is 5.25. The molecule has 1 amide bonds. The monoisotopic (exact) mass is 341 g/mol. The second-order valence-electron chi connectivity index (χ2n) is 5.65. The molecule has 0 bridgehead atoms. The predicted molar refractivity (Wildman–Crippen MR) is 83.0 cm³/mol. The van der Waals surface area contributed by atoms with Crippen molar-refractivity contribution >= 4 is 29.1 Å². The maximum absolute atomic E-state index is 12.9. The predicted octanol–water partition coefficient (Wildman–Crippen LogP) is 3.42. The maximum atomic E-state index is 12.9. The van der Waals surface area contributed by atoms with Crippen LogP contribution in [0.3, 0.4) is 0 Å². The van der Waals surface area contributed by atoms with Crippen LogP contribution in [0.25, 0.3) is 11.3 Å². The number of carbonyl (C=O) groups is 1. The molecular formula is C15H14Cl2FN3O. The second-order valence-corrected chi connectivity index (χ2v) is 7.13. The fourth-order valence-electron chi connectivity index (χ4n) is 2.23. The Kier molecular flexibility index (Phi) is 3.65. The largest absolute Gasteiger partial charge is 0.348 e. The van der Waals surface area contributed by atoms with Gasteiger partial charge in [-0.1, -0.05) is 0 Å². The van der Waals surface area contributed by atoms with E-state index in [1.54, 1.807) is 25.3 Å². The molecule has 1 fully saturated rings. The van der Waals surface area contributed by atoms with Crippen LogP contribution in [0.5, 0.6) is 0 Å². The third-order valence-electron chi connectivity index (χ3n) is 3.96. The van der Waals surface area contributed by atoms with Gasteiger partial charge in [-0.3, -0.25) is 4.79 Å². The molecule has 0 aliphatic heterocycles. The van der Waals surface area contributed by atoms with Gasteiger partial charge in [0.25, 0.3) is 0 Å². The van der Waals surface area contributed by atoms with Crippen molar-refractivity contribution in [3.05, 3.63) is 42.1 Å². The van der Waals surface area contributed by atoms with Crippen molar-refractivity contribution in [2.45, 2.75) is 24.2 Å². The molecule has 1 aliphatic rings. The molecule has 4 nitrogen and oxygen atoms in total. The van der Waals surface area contributed by atoms with Gasteiger partial charge in [0.05, 0.1) is 23.9 Å². The molecule has 2 aromatic rings. The number of H-pyrrole nitrogens is 1. The zero-order valence-corrected chi connectivity index (χ0v) is 13.3. The first kappa shape index (κ1) is 15.3. The van der Waals surface area contributed by atoms with E-state index in [-0.39, 0.29) is 18.3 Å². The first-order chi connectivity index (χ1) is 10.3. The highest BCUT2D eigenvalue weighted by Crippen LogP contribution is 2.63. The van der Waals surface area contributed by atoms with Crippen molar-refractivity contribution in [1.29, 1.82) is 0 Å². The topological polar surface area (TPSA) is 57.8 Å². The summed E-state index contributed by atoms with van der Waals surface area (Å²) in [6.45, 7) is 1.98. The van der Waals surface area contributed by atoms with Gasteiger partial charge in [0, 0.05) is 0 Å². The molecule has 1 unspecified atom stereocenters. The van der Waals surface area contributed by atoms with Crippen molar-refractivity contribution in [3.8, 4) is 11.3 Å². The average Bonchev–Trinajstić information content (AvgIpc) is 2.84. The van der Waals surface area contributed by atoms with Gasteiger partial charge in [-0.15, -0.1) is 23.2 Å². The highest BCUT2D eigenvalue weighted by Gasteiger charge is 2.67. The summed E-state index contributed by atoms with van der Waals surface area (Å²) in [5, 5.41) is 2.77. The lowest BCUT2D eigenvalue weighted by Crippen LogP contribution is -2.33. The van der Waals surface area contributed by atoms with Crippen LogP contribution in [0.4, 0.5) is 4.39 Å². The highest BCUT2D eigenvalue weighted by molar-refractivity contribution is 6.53. The number of aromatic nitrogens is 2. The van der Waals surface area contributed by atoms with Gasteiger partial charge in [-0.2, -0.15) is 0 Å². The lowest BCUT2D eigenvalue weighted by atomic mass is 10.1. The number of nitrogens with zero attached hydrogens (tertiary/aromatic N) is 1. The lowest BCUT2D eigenvalue weighted by Gasteiger charge is -2.11. The minimum atomic E-state index is -0.987. The van der Waals surface area contributed by atoms with Crippen molar-refractivity contribution in [3.63, 3.8) is 0 Å². The number of aromatic amines is 1. The maximum Gasteiger partial charge on any atom is 0.229 e. The molecule has 1 aliphatic carbocycles. The number of alkyl halides is 2. The quantitative estimate of drug-likeness (QED) is 0.837. The van der Waals surface area contributed by atoms with Gasteiger partial charge < -0.3 is 10.3 Å². The Bertz CT molecular complexity index is 714. The summed E-state index contributed by atoms with van der Waals surface area (Å²) in [5.74, 6) is 0.114. The Labute approximate surface area is 137 Å². The molecule has 1 saturated carbocycles. The molecule has 3 rings (SSSR count). The molecule has 0 saturated heterocycles. The third-order valence-corrected chi connectivity index (χ3v) is 5.06. The van der Waals surface area contributed by atoms with E-state index in [9.17, 15) is 9.18 Å². The van der Waals surface area contributed by atoms with E-state index < -0.39 is 9.75 Å². The summed E-state index contributed by atoms with van der Waals surface area (Å²) in [6, 6.07) is 6.08. The molecule has 1 atom stereocenters. The number of imidazole rings is 1. The summed E-state index contributed by atoms with van der Waals surface area (Å²) in [7, 11) is 0. The fourth-order valence-corrected chi connectivity index (χ4v) is 2.94. The van der Waals surface area contributed by atoms with Gasteiger partial charge in [-0.25, -0.2) is 9.37 Å². The summed E-state index contributed by atoms with van der Waals surface area (Å²) >= 11 is 11.9. The lowest BCUT2D eigenvalue weighted by molar-refractivity contribution is -0.126. The number of hydrogen-bond donors (Lipinski definition) is 2. The summed E-state index contributed by atoms with van der Waals surface area (Å²) in [5.41, 5.74) is 0.828. The number of benzene rings is 1. The molecule has 7 heteroatoms. The average molecular weight is 342 g/mol. The summed E-state index contributed by atoms with van der Waals surface area (Å²) < 4.78 is 11.9. The van der Waals surface area contributed by atoms with Gasteiger partial charge >= 0.3 is 0 Å².